The van der Waals surface area contributed by atoms with Gasteiger partial charge < -0.3 is 14.7 Å². The van der Waals surface area contributed by atoms with Gasteiger partial charge >= 0.3 is 12.1 Å². The second kappa shape index (κ2) is 15.0. The van der Waals surface area contributed by atoms with E-state index in [-0.39, 0.29) is 53.2 Å². The lowest BCUT2D eigenvalue weighted by molar-refractivity contribution is -0.264. The Hall–Kier alpha value is -5.38. The number of allylic oxidation sites excluding steroid dienone is 1. The molecule has 3 aromatic carbocycles. The van der Waals surface area contributed by atoms with E-state index in [0.29, 0.717) is 35.5 Å². The molecule has 1 aromatic heterocycles. The molecule has 1 atom stereocenters. The minimum absolute atomic E-state index is 0.00357. The standard InChI is InChI=1S/C43H43F6N7O3/c44-39-38-31-2-1-3-33(42(45,46)43(47,48)49)37(32(31)10-11-34(38)51-52-39)26-4-6-28(7-5-26)54-16-14-25(15-17-54)23-53-18-20-55(21-19-53)29-8-9-30-27(22-29)24-56(41(30)59)35-12-13-36(57)50-40(35)58/h4-11,22,25,35H,1-3,12-21,23-24H2,(H,51,52)(H,50,57,58)/t35-/m0/s1. The summed E-state index contributed by atoms with van der Waals surface area (Å²) in [5.74, 6) is -6.35. The van der Waals surface area contributed by atoms with Crippen molar-refractivity contribution in [2.45, 2.75) is 69.6 Å². The lowest BCUT2D eigenvalue weighted by Gasteiger charge is -2.40. The van der Waals surface area contributed by atoms with Gasteiger partial charge in [0, 0.05) is 81.3 Å². The smallest absolute Gasteiger partial charge is 0.372 e. The highest BCUT2D eigenvalue weighted by molar-refractivity contribution is 6.05. The minimum atomic E-state index is -5.79. The van der Waals surface area contributed by atoms with Gasteiger partial charge in [0.2, 0.25) is 17.8 Å². The Morgan fingerprint density at radius 1 is 0.763 bits per heavy atom. The van der Waals surface area contributed by atoms with Gasteiger partial charge in [-0.1, -0.05) is 18.2 Å². The number of piperazine rings is 1. The molecule has 4 aliphatic heterocycles. The van der Waals surface area contributed by atoms with E-state index >= 15 is 8.78 Å². The third kappa shape index (κ3) is 7.12. The van der Waals surface area contributed by atoms with Gasteiger partial charge in [0.05, 0.1) is 10.9 Å². The average molecular weight is 820 g/mol. The molecule has 0 radical (unpaired) electrons. The minimum Gasteiger partial charge on any atom is -0.372 e. The summed E-state index contributed by atoms with van der Waals surface area (Å²) in [7, 11) is 0. The van der Waals surface area contributed by atoms with Gasteiger partial charge in [-0.15, -0.1) is 5.10 Å². The number of nitrogens with one attached hydrogen (secondary N) is 2. The van der Waals surface area contributed by atoms with Crippen LogP contribution in [0.25, 0.3) is 16.5 Å². The molecule has 3 saturated heterocycles. The number of aryl methyl sites for hydroxylation is 1. The molecule has 5 heterocycles. The molecule has 3 amide bonds. The van der Waals surface area contributed by atoms with Crippen LogP contribution in [0.4, 0.5) is 37.7 Å². The van der Waals surface area contributed by atoms with Gasteiger partial charge in [0.1, 0.15) is 6.04 Å². The maximum atomic E-state index is 15.3. The van der Waals surface area contributed by atoms with E-state index in [9.17, 15) is 31.9 Å². The highest BCUT2D eigenvalue weighted by atomic mass is 19.4. The number of alkyl halides is 5. The monoisotopic (exact) mass is 819 g/mol. The van der Waals surface area contributed by atoms with Gasteiger partial charge in [-0.2, -0.15) is 26.3 Å². The number of aromatic amines is 1. The number of H-pyrrole nitrogens is 1. The zero-order valence-electron chi connectivity index (χ0n) is 32.2. The molecule has 2 N–H and O–H groups in total. The number of aromatic nitrogens is 2. The summed E-state index contributed by atoms with van der Waals surface area (Å²) in [5.41, 5.74) is 3.24. The van der Waals surface area contributed by atoms with Crippen LogP contribution in [0.3, 0.4) is 0 Å². The first-order valence-electron chi connectivity index (χ1n) is 20.2. The summed E-state index contributed by atoms with van der Waals surface area (Å²) in [4.78, 5) is 45.8. The van der Waals surface area contributed by atoms with Crippen molar-refractivity contribution in [3.63, 3.8) is 0 Å². The van der Waals surface area contributed by atoms with Gasteiger partial charge in [-0.3, -0.25) is 29.7 Å². The molecule has 10 nitrogen and oxygen atoms in total. The molecule has 3 fully saturated rings. The summed E-state index contributed by atoms with van der Waals surface area (Å²) in [5, 5.41) is 8.64. The molecule has 4 aromatic rings. The van der Waals surface area contributed by atoms with E-state index in [1.807, 2.05) is 18.2 Å². The summed E-state index contributed by atoms with van der Waals surface area (Å²) >= 11 is 0. The lowest BCUT2D eigenvalue weighted by Crippen LogP contribution is -2.52. The first-order valence-corrected chi connectivity index (χ1v) is 20.2. The number of hydrogen-bond donors (Lipinski definition) is 2. The maximum absolute atomic E-state index is 15.3. The van der Waals surface area contributed by atoms with Crippen molar-refractivity contribution in [2.24, 2.45) is 5.92 Å². The third-order valence-electron chi connectivity index (χ3n) is 12.9. The number of benzene rings is 3. The lowest BCUT2D eigenvalue weighted by atomic mass is 9.87. The number of piperidine rings is 2. The van der Waals surface area contributed by atoms with E-state index in [1.54, 1.807) is 29.2 Å². The van der Waals surface area contributed by atoms with Crippen LogP contribution in [0.5, 0.6) is 0 Å². The normalized spacial score (nSPS) is 21.3. The fourth-order valence-corrected chi connectivity index (χ4v) is 9.70. The van der Waals surface area contributed by atoms with E-state index in [1.165, 1.54) is 12.1 Å². The summed E-state index contributed by atoms with van der Waals surface area (Å²) in [6, 6.07) is 14.9. The Morgan fingerprint density at radius 2 is 1.46 bits per heavy atom. The molecule has 0 unspecified atom stereocenters. The second-order valence-corrected chi connectivity index (χ2v) is 16.3. The molecular formula is C43H43F6N7O3. The SMILES string of the molecule is O=C1CC[C@H](N2Cc3cc(N4CCN(CC5CCN(c6ccc(C7=C(C(F)(F)C(F)(F)F)CCCc8c7ccc7[nH]nc(F)c87)cc6)CC5)CC4)ccc3C2=O)C(=O)N1. The van der Waals surface area contributed by atoms with Crippen molar-refractivity contribution in [1.29, 1.82) is 0 Å². The van der Waals surface area contributed by atoms with Crippen molar-refractivity contribution >= 4 is 45.6 Å². The summed E-state index contributed by atoms with van der Waals surface area (Å²) in [6.07, 6.45) is -3.75. The number of anilines is 2. The number of carbonyl (C=O) groups excluding carboxylic acids is 3. The van der Waals surface area contributed by atoms with Crippen molar-refractivity contribution in [3.05, 3.63) is 93.9 Å². The Morgan fingerprint density at radius 3 is 2.17 bits per heavy atom. The van der Waals surface area contributed by atoms with Gasteiger partial charge in [0.15, 0.2) is 0 Å². The summed E-state index contributed by atoms with van der Waals surface area (Å²) in [6.45, 7) is 6.25. The predicted molar refractivity (Wildman–Crippen MR) is 209 cm³/mol. The fourth-order valence-electron chi connectivity index (χ4n) is 9.70. The Kier molecular flexibility index (Phi) is 9.95. The maximum Gasteiger partial charge on any atom is 0.457 e. The molecule has 9 rings (SSSR count). The zero-order valence-corrected chi connectivity index (χ0v) is 32.2. The topological polar surface area (TPSA) is 105 Å². The van der Waals surface area contributed by atoms with Crippen LogP contribution in [0.1, 0.15) is 71.1 Å². The molecule has 59 heavy (non-hydrogen) atoms. The average Bonchev–Trinajstić information content (AvgIpc) is 3.68. The molecule has 5 aliphatic rings. The number of fused-ring (bicyclic) bond motifs is 4. The number of carbonyl (C=O) groups is 3. The molecule has 0 bridgehead atoms. The Balaban J connectivity index is 0.826. The van der Waals surface area contributed by atoms with Crippen molar-refractivity contribution in [2.75, 3.05) is 55.6 Å². The molecule has 16 heteroatoms. The number of rotatable bonds is 7. The first-order chi connectivity index (χ1) is 28.3. The van der Waals surface area contributed by atoms with Crippen LogP contribution in [-0.2, 0) is 22.6 Å². The van der Waals surface area contributed by atoms with Crippen LogP contribution < -0.4 is 15.1 Å². The number of imide groups is 1. The molecule has 310 valence electrons. The van der Waals surface area contributed by atoms with Crippen molar-refractivity contribution < 1.29 is 40.7 Å². The highest BCUT2D eigenvalue weighted by Crippen LogP contribution is 2.50. The molecule has 0 spiro atoms. The number of amides is 3. The molecule has 1 aliphatic carbocycles. The quantitative estimate of drug-likeness (QED) is 0.156. The van der Waals surface area contributed by atoms with E-state index in [2.05, 4.69) is 30.2 Å². The second-order valence-electron chi connectivity index (χ2n) is 16.3. The van der Waals surface area contributed by atoms with Crippen LogP contribution in [0.15, 0.2) is 60.2 Å². The highest BCUT2D eigenvalue weighted by Gasteiger charge is 2.60. The molecule has 0 saturated carbocycles. The number of nitrogens with zero attached hydrogens (tertiary/aromatic N) is 5. The number of hydrogen-bond acceptors (Lipinski definition) is 7. The van der Waals surface area contributed by atoms with E-state index in [0.717, 1.165) is 75.6 Å². The zero-order chi connectivity index (χ0) is 41.2. The predicted octanol–water partition coefficient (Wildman–Crippen LogP) is 6.84. The van der Waals surface area contributed by atoms with Gasteiger partial charge in [0.25, 0.3) is 5.91 Å². The van der Waals surface area contributed by atoms with Crippen LogP contribution in [-0.4, -0.2) is 102 Å². The Labute approximate surface area is 336 Å². The van der Waals surface area contributed by atoms with Crippen LogP contribution in [0.2, 0.25) is 0 Å². The van der Waals surface area contributed by atoms with Crippen LogP contribution >= 0.6 is 0 Å². The van der Waals surface area contributed by atoms with E-state index in [4.69, 9.17) is 0 Å². The largest absolute Gasteiger partial charge is 0.457 e. The molecular weight excluding hydrogens is 777 g/mol. The first kappa shape index (κ1) is 39.1. The van der Waals surface area contributed by atoms with Crippen LogP contribution in [0, 0.1) is 11.9 Å². The third-order valence-corrected chi connectivity index (χ3v) is 12.9. The Bertz CT molecular complexity index is 2340. The number of halogens is 6. The fraction of sp³-hybridized carbons (Fsp3) is 0.442. The summed E-state index contributed by atoms with van der Waals surface area (Å²) < 4.78 is 87.0. The van der Waals surface area contributed by atoms with Crippen molar-refractivity contribution in [3.8, 4) is 0 Å². The van der Waals surface area contributed by atoms with Gasteiger partial charge in [-0.25, -0.2) is 0 Å². The van der Waals surface area contributed by atoms with Gasteiger partial charge in [-0.05, 0) is 109 Å². The van der Waals surface area contributed by atoms with Crippen molar-refractivity contribution in [1.82, 2.24) is 25.3 Å². The van der Waals surface area contributed by atoms with E-state index < -0.39 is 42.0 Å².